The highest BCUT2D eigenvalue weighted by Gasteiger charge is 2.06. The Hall–Kier alpha value is -2.00. The summed E-state index contributed by atoms with van der Waals surface area (Å²) in [5.74, 6) is 1.36. The molecule has 2 heterocycles. The molecule has 0 aliphatic heterocycles. The first-order valence-corrected chi connectivity index (χ1v) is 9.24. The van der Waals surface area contributed by atoms with Crippen LogP contribution in [0.25, 0.3) is 21.1 Å². The normalized spacial score (nSPS) is 11.0. The van der Waals surface area contributed by atoms with E-state index >= 15 is 0 Å². The fourth-order valence-electron chi connectivity index (χ4n) is 2.25. The molecule has 0 atom stereocenters. The van der Waals surface area contributed by atoms with E-state index in [1.807, 2.05) is 42.5 Å². The SMILES string of the molecule is ICOc1ccc2nc(Nc3nc4ccccc4s3)ncc2c1. The van der Waals surface area contributed by atoms with Crippen molar-refractivity contribution in [2.45, 2.75) is 0 Å². The van der Waals surface area contributed by atoms with Crippen LogP contribution < -0.4 is 10.1 Å². The highest BCUT2D eigenvalue weighted by atomic mass is 127. The van der Waals surface area contributed by atoms with Gasteiger partial charge in [0, 0.05) is 11.6 Å². The molecule has 0 spiro atoms. The highest BCUT2D eigenvalue weighted by Crippen LogP contribution is 2.27. The summed E-state index contributed by atoms with van der Waals surface area (Å²) in [6.07, 6.45) is 1.79. The number of alkyl halides is 1. The van der Waals surface area contributed by atoms with Gasteiger partial charge in [-0.1, -0.05) is 23.5 Å². The minimum atomic E-state index is 0.541. The van der Waals surface area contributed by atoms with Crippen LogP contribution in [-0.2, 0) is 0 Å². The topological polar surface area (TPSA) is 59.9 Å². The fraction of sp³-hybridized carbons (Fsp3) is 0.0625. The predicted molar refractivity (Wildman–Crippen MR) is 102 cm³/mol. The smallest absolute Gasteiger partial charge is 0.229 e. The lowest BCUT2D eigenvalue weighted by atomic mass is 10.2. The molecule has 0 radical (unpaired) electrons. The Balaban J connectivity index is 1.64. The van der Waals surface area contributed by atoms with Crippen molar-refractivity contribution in [3.05, 3.63) is 48.7 Å². The zero-order chi connectivity index (χ0) is 15.6. The number of thiazole rings is 1. The monoisotopic (exact) mass is 434 g/mol. The van der Waals surface area contributed by atoms with E-state index in [0.717, 1.165) is 32.0 Å². The van der Waals surface area contributed by atoms with Gasteiger partial charge in [-0.15, -0.1) is 0 Å². The summed E-state index contributed by atoms with van der Waals surface area (Å²) < 4.78 is 7.23. The van der Waals surface area contributed by atoms with E-state index in [0.29, 0.717) is 10.6 Å². The maximum absolute atomic E-state index is 5.48. The van der Waals surface area contributed by atoms with Gasteiger partial charge in [-0.3, -0.25) is 5.32 Å². The molecule has 23 heavy (non-hydrogen) atoms. The number of fused-ring (bicyclic) bond motifs is 2. The van der Waals surface area contributed by atoms with E-state index in [9.17, 15) is 0 Å². The first-order chi connectivity index (χ1) is 11.3. The molecule has 0 amide bonds. The van der Waals surface area contributed by atoms with Gasteiger partial charge in [0.25, 0.3) is 0 Å². The fourth-order valence-corrected chi connectivity index (χ4v) is 3.46. The summed E-state index contributed by atoms with van der Waals surface area (Å²) in [6.45, 7) is 0. The van der Waals surface area contributed by atoms with Crippen molar-refractivity contribution in [1.82, 2.24) is 15.0 Å². The maximum atomic E-state index is 5.48. The van der Waals surface area contributed by atoms with Crippen LogP contribution in [0.2, 0.25) is 0 Å². The van der Waals surface area contributed by atoms with E-state index in [-0.39, 0.29) is 0 Å². The molecule has 0 bridgehead atoms. The van der Waals surface area contributed by atoms with E-state index in [1.165, 1.54) is 0 Å². The summed E-state index contributed by atoms with van der Waals surface area (Å²) >= 11 is 3.75. The van der Waals surface area contributed by atoms with Crippen LogP contribution in [0.5, 0.6) is 5.75 Å². The van der Waals surface area contributed by atoms with E-state index in [4.69, 9.17) is 4.74 Å². The lowest BCUT2D eigenvalue weighted by Gasteiger charge is -2.05. The molecule has 2 aromatic carbocycles. The van der Waals surface area contributed by atoms with Crippen LogP contribution in [0.15, 0.2) is 48.7 Å². The number of halogens is 1. The summed E-state index contributed by atoms with van der Waals surface area (Å²) in [6, 6.07) is 13.8. The van der Waals surface area contributed by atoms with Crippen LogP contribution in [0.4, 0.5) is 11.1 Å². The maximum Gasteiger partial charge on any atom is 0.229 e. The van der Waals surface area contributed by atoms with Gasteiger partial charge in [0.15, 0.2) is 5.13 Å². The van der Waals surface area contributed by atoms with Gasteiger partial charge in [0.1, 0.15) is 10.4 Å². The van der Waals surface area contributed by atoms with E-state index in [1.54, 1.807) is 17.5 Å². The number of hydrogen-bond acceptors (Lipinski definition) is 6. The number of benzene rings is 2. The van der Waals surface area contributed by atoms with Crippen LogP contribution in [0.1, 0.15) is 0 Å². The lowest BCUT2D eigenvalue weighted by molar-refractivity contribution is 0.405. The number of aromatic nitrogens is 3. The van der Waals surface area contributed by atoms with Crippen molar-refractivity contribution in [2.75, 3.05) is 9.93 Å². The molecule has 0 aliphatic carbocycles. The first kappa shape index (κ1) is 14.6. The van der Waals surface area contributed by atoms with Crippen molar-refractivity contribution in [3.8, 4) is 5.75 Å². The average molecular weight is 434 g/mol. The van der Waals surface area contributed by atoms with E-state index in [2.05, 4.69) is 42.9 Å². The number of nitrogens with zero attached hydrogens (tertiary/aromatic N) is 3. The van der Waals surface area contributed by atoms with E-state index < -0.39 is 0 Å². The molecule has 2 aromatic heterocycles. The molecule has 0 aliphatic rings. The summed E-state index contributed by atoms with van der Waals surface area (Å²) in [5.41, 5.74) is 1.84. The van der Waals surface area contributed by atoms with Gasteiger partial charge in [0.05, 0.1) is 15.7 Å². The lowest BCUT2D eigenvalue weighted by Crippen LogP contribution is -1.97. The van der Waals surface area contributed by atoms with Crippen molar-refractivity contribution in [3.63, 3.8) is 0 Å². The summed E-state index contributed by atoms with van der Waals surface area (Å²) in [4.78, 5) is 13.4. The first-order valence-electron chi connectivity index (χ1n) is 6.90. The van der Waals surface area contributed by atoms with Gasteiger partial charge in [-0.2, -0.15) is 0 Å². The molecular weight excluding hydrogens is 423 g/mol. The quantitative estimate of drug-likeness (QED) is 0.371. The second-order valence-corrected chi connectivity index (χ2v) is 6.43. The van der Waals surface area contributed by atoms with Crippen LogP contribution in [0, 0.1) is 0 Å². The number of nitrogens with one attached hydrogen (secondary N) is 1. The average Bonchev–Trinajstić information content (AvgIpc) is 2.97. The van der Waals surface area contributed by atoms with Crippen molar-refractivity contribution >= 4 is 66.1 Å². The van der Waals surface area contributed by atoms with Crippen LogP contribution in [-0.4, -0.2) is 19.6 Å². The molecule has 4 aromatic rings. The van der Waals surface area contributed by atoms with Crippen LogP contribution >= 0.6 is 33.9 Å². The molecule has 7 heteroatoms. The van der Waals surface area contributed by atoms with Gasteiger partial charge < -0.3 is 4.74 Å². The highest BCUT2D eigenvalue weighted by molar-refractivity contribution is 14.1. The summed E-state index contributed by atoms with van der Waals surface area (Å²) in [5, 5.41) is 4.91. The molecule has 5 nitrogen and oxygen atoms in total. The molecule has 0 unspecified atom stereocenters. The Morgan fingerprint density at radius 1 is 1.09 bits per heavy atom. The number of rotatable bonds is 4. The zero-order valence-electron chi connectivity index (χ0n) is 11.9. The standard InChI is InChI=1S/C16H11IN4OS/c17-9-22-11-5-6-12-10(7-11)8-18-15(19-12)21-16-20-13-3-1-2-4-14(13)23-16/h1-8H,9H2,(H,18,19,20,21). The minimum absolute atomic E-state index is 0.541. The number of hydrogen-bond donors (Lipinski definition) is 1. The zero-order valence-corrected chi connectivity index (χ0v) is 14.8. The van der Waals surface area contributed by atoms with Gasteiger partial charge in [0.2, 0.25) is 5.95 Å². The Morgan fingerprint density at radius 2 is 2.00 bits per heavy atom. The van der Waals surface area contributed by atoms with Gasteiger partial charge >= 0.3 is 0 Å². The van der Waals surface area contributed by atoms with Crippen LogP contribution in [0.3, 0.4) is 0 Å². The Kier molecular flexibility index (Phi) is 3.96. The minimum Gasteiger partial charge on any atom is -0.483 e. The third-order valence-corrected chi connectivity index (χ3v) is 4.55. The number of anilines is 2. The molecule has 0 saturated heterocycles. The van der Waals surface area contributed by atoms with Gasteiger partial charge in [-0.25, -0.2) is 15.0 Å². The van der Waals surface area contributed by atoms with Crippen molar-refractivity contribution < 1.29 is 4.74 Å². The van der Waals surface area contributed by atoms with Gasteiger partial charge in [-0.05, 0) is 52.9 Å². The predicted octanol–water partition coefficient (Wildman–Crippen LogP) is 4.75. The Bertz CT molecular complexity index is 955. The molecule has 4 rings (SSSR count). The largest absolute Gasteiger partial charge is 0.483 e. The van der Waals surface area contributed by atoms with Crippen molar-refractivity contribution in [2.24, 2.45) is 0 Å². The number of ether oxygens (including phenoxy) is 1. The Morgan fingerprint density at radius 3 is 2.87 bits per heavy atom. The number of para-hydroxylation sites is 1. The molecular formula is C16H11IN4OS. The molecule has 0 fully saturated rings. The van der Waals surface area contributed by atoms with Crippen molar-refractivity contribution in [1.29, 1.82) is 0 Å². The Labute approximate surface area is 149 Å². The second kappa shape index (κ2) is 6.25. The molecule has 114 valence electrons. The molecule has 1 N–H and O–H groups in total. The second-order valence-electron chi connectivity index (χ2n) is 4.78. The third-order valence-electron chi connectivity index (χ3n) is 3.29. The molecule has 0 saturated carbocycles. The third kappa shape index (κ3) is 3.06. The summed E-state index contributed by atoms with van der Waals surface area (Å²) in [7, 11) is 0.